The first-order chi connectivity index (χ1) is 8.60. The minimum Gasteiger partial charge on any atom is -0.327 e. The van der Waals surface area contributed by atoms with Crippen LogP contribution in [0.15, 0.2) is 30.5 Å². The normalized spacial score (nSPS) is 12.7. The summed E-state index contributed by atoms with van der Waals surface area (Å²) in [7, 11) is 0. The fourth-order valence-corrected chi connectivity index (χ4v) is 1.97. The van der Waals surface area contributed by atoms with E-state index in [9.17, 15) is 0 Å². The number of halogens is 1. The van der Waals surface area contributed by atoms with E-state index in [0.29, 0.717) is 5.02 Å². The smallest absolute Gasteiger partial charge is 0.0819 e. The number of aryl methyl sites for hydroxylation is 1. The Morgan fingerprint density at radius 1 is 1.44 bits per heavy atom. The van der Waals surface area contributed by atoms with Crippen LogP contribution in [0.4, 0.5) is 0 Å². The zero-order valence-electron chi connectivity index (χ0n) is 10.7. The number of aromatic nitrogens is 2. The summed E-state index contributed by atoms with van der Waals surface area (Å²) in [6.07, 6.45) is 3.70. The molecule has 2 N–H and O–H groups in total. The molecular formula is C14H18ClN3. The van der Waals surface area contributed by atoms with Crippen molar-refractivity contribution in [3.8, 4) is 5.69 Å². The van der Waals surface area contributed by atoms with Crippen LogP contribution in [0.25, 0.3) is 5.69 Å². The van der Waals surface area contributed by atoms with Crippen molar-refractivity contribution in [2.24, 2.45) is 5.73 Å². The summed E-state index contributed by atoms with van der Waals surface area (Å²) >= 11 is 6.02. The Morgan fingerprint density at radius 3 is 2.83 bits per heavy atom. The lowest BCUT2D eigenvalue weighted by atomic mass is 10.0. The van der Waals surface area contributed by atoms with Crippen molar-refractivity contribution < 1.29 is 0 Å². The molecule has 0 radical (unpaired) electrons. The molecule has 1 atom stereocenters. The van der Waals surface area contributed by atoms with Crippen LogP contribution in [0, 0.1) is 6.92 Å². The second-order valence-electron chi connectivity index (χ2n) is 4.55. The maximum atomic E-state index is 6.02. The topological polar surface area (TPSA) is 43.8 Å². The molecule has 1 heterocycles. The molecule has 3 nitrogen and oxygen atoms in total. The van der Waals surface area contributed by atoms with Gasteiger partial charge in [-0.15, -0.1) is 0 Å². The first-order valence-electron chi connectivity index (χ1n) is 6.16. The molecule has 0 amide bonds. The molecule has 2 aromatic rings. The summed E-state index contributed by atoms with van der Waals surface area (Å²) in [5, 5.41) is 5.06. The van der Waals surface area contributed by atoms with E-state index in [-0.39, 0.29) is 6.04 Å². The maximum absolute atomic E-state index is 6.02. The van der Waals surface area contributed by atoms with Crippen LogP contribution >= 0.6 is 11.6 Å². The molecule has 0 fully saturated rings. The predicted molar refractivity (Wildman–Crippen MR) is 75.3 cm³/mol. The Balaban J connectivity index is 2.26. The molecule has 1 aromatic heterocycles. The lowest BCUT2D eigenvalue weighted by Crippen LogP contribution is -2.21. The minimum absolute atomic E-state index is 0.211. The van der Waals surface area contributed by atoms with Crippen molar-refractivity contribution in [2.75, 3.05) is 0 Å². The average Bonchev–Trinajstić information content (AvgIpc) is 2.70. The van der Waals surface area contributed by atoms with E-state index < -0.39 is 0 Å². The van der Waals surface area contributed by atoms with E-state index in [0.717, 1.165) is 24.2 Å². The van der Waals surface area contributed by atoms with Gasteiger partial charge in [0.05, 0.1) is 16.4 Å². The highest BCUT2D eigenvalue weighted by Crippen LogP contribution is 2.17. The standard InChI is InChI=1S/C14H18ClN3/c1-3-12(16)7-11-5-4-6-13(8-11)18-9-14(15)10(2)17-18/h4-6,8-9,12H,3,7,16H2,1-2H3. The first kappa shape index (κ1) is 13.1. The van der Waals surface area contributed by atoms with E-state index in [4.69, 9.17) is 17.3 Å². The van der Waals surface area contributed by atoms with Crippen LogP contribution in [0.3, 0.4) is 0 Å². The van der Waals surface area contributed by atoms with Crippen molar-refractivity contribution >= 4 is 11.6 Å². The second kappa shape index (κ2) is 5.55. The second-order valence-corrected chi connectivity index (χ2v) is 4.96. The van der Waals surface area contributed by atoms with E-state index in [1.54, 1.807) is 4.68 Å². The number of nitrogens with zero attached hydrogens (tertiary/aromatic N) is 2. The molecule has 1 aromatic carbocycles. The maximum Gasteiger partial charge on any atom is 0.0819 e. The first-order valence-corrected chi connectivity index (χ1v) is 6.54. The largest absolute Gasteiger partial charge is 0.327 e. The third-order valence-electron chi connectivity index (χ3n) is 3.04. The molecule has 0 aliphatic heterocycles. The minimum atomic E-state index is 0.211. The Bertz CT molecular complexity index is 514. The molecule has 4 heteroatoms. The molecule has 0 bridgehead atoms. The van der Waals surface area contributed by atoms with Gasteiger partial charge in [0.15, 0.2) is 0 Å². The van der Waals surface area contributed by atoms with Crippen molar-refractivity contribution in [1.82, 2.24) is 9.78 Å². The number of hydrogen-bond donors (Lipinski definition) is 1. The predicted octanol–water partition coefficient (Wildman–Crippen LogP) is 3.11. The van der Waals surface area contributed by atoms with Gasteiger partial charge in [0.1, 0.15) is 0 Å². The highest BCUT2D eigenvalue weighted by atomic mass is 35.5. The summed E-state index contributed by atoms with van der Waals surface area (Å²) in [4.78, 5) is 0. The molecule has 0 spiro atoms. The van der Waals surface area contributed by atoms with Crippen molar-refractivity contribution in [2.45, 2.75) is 32.7 Å². The van der Waals surface area contributed by atoms with Crippen LogP contribution in [0.1, 0.15) is 24.6 Å². The van der Waals surface area contributed by atoms with Crippen molar-refractivity contribution in [3.63, 3.8) is 0 Å². The highest BCUT2D eigenvalue weighted by Gasteiger charge is 2.06. The molecule has 2 rings (SSSR count). The Kier molecular flexibility index (Phi) is 4.04. The fourth-order valence-electron chi connectivity index (χ4n) is 1.84. The summed E-state index contributed by atoms with van der Waals surface area (Å²) < 4.78 is 1.80. The number of nitrogens with two attached hydrogens (primary N) is 1. The van der Waals surface area contributed by atoms with Crippen molar-refractivity contribution in [1.29, 1.82) is 0 Å². The van der Waals surface area contributed by atoms with E-state index >= 15 is 0 Å². The number of rotatable bonds is 4. The van der Waals surface area contributed by atoms with E-state index in [1.807, 2.05) is 25.3 Å². The lowest BCUT2D eigenvalue weighted by molar-refractivity contribution is 0.646. The van der Waals surface area contributed by atoms with Gasteiger partial charge in [0, 0.05) is 12.2 Å². The van der Waals surface area contributed by atoms with Gasteiger partial charge >= 0.3 is 0 Å². The summed E-state index contributed by atoms with van der Waals surface area (Å²) in [6, 6.07) is 8.46. The molecule has 0 saturated carbocycles. The van der Waals surface area contributed by atoms with Crippen LogP contribution < -0.4 is 5.73 Å². The van der Waals surface area contributed by atoms with Gasteiger partial charge in [0.25, 0.3) is 0 Å². The number of benzene rings is 1. The molecule has 96 valence electrons. The van der Waals surface area contributed by atoms with Crippen LogP contribution in [0.5, 0.6) is 0 Å². The average molecular weight is 264 g/mol. The van der Waals surface area contributed by atoms with Gasteiger partial charge in [-0.2, -0.15) is 5.10 Å². The molecular weight excluding hydrogens is 246 g/mol. The fraction of sp³-hybridized carbons (Fsp3) is 0.357. The van der Waals surface area contributed by atoms with Gasteiger partial charge < -0.3 is 5.73 Å². The monoisotopic (exact) mass is 263 g/mol. The van der Waals surface area contributed by atoms with Crippen LogP contribution in [0.2, 0.25) is 5.02 Å². The lowest BCUT2D eigenvalue weighted by Gasteiger charge is -2.10. The number of hydrogen-bond acceptors (Lipinski definition) is 2. The summed E-state index contributed by atoms with van der Waals surface area (Å²) in [5.74, 6) is 0. The zero-order valence-corrected chi connectivity index (χ0v) is 11.5. The third kappa shape index (κ3) is 2.92. The van der Waals surface area contributed by atoms with Gasteiger partial charge in [-0.1, -0.05) is 30.7 Å². The quantitative estimate of drug-likeness (QED) is 0.921. The highest BCUT2D eigenvalue weighted by molar-refractivity contribution is 6.31. The van der Waals surface area contributed by atoms with Crippen LogP contribution in [-0.2, 0) is 6.42 Å². The molecule has 1 unspecified atom stereocenters. The van der Waals surface area contributed by atoms with Crippen LogP contribution in [-0.4, -0.2) is 15.8 Å². The molecule has 0 aliphatic rings. The van der Waals surface area contributed by atoms with Gasteiger partial charge in [-0.25, -0.2) is 4.68 Å². The van der Waals surface area contributed by atoms with Gasteiger partial charge in [-0.3, -0.25) is 0 Å². The Hall–Kier alpha value is -1.32. The summed E-state index contributed by atoms with van der Waals surface area (Å²) in [6.45, 7) is 4.00. The zero-order chi connectivity index (χ0) is 13.1. The van der Waals surface area contributed by atoms with E-state index in [1.165, 1.54) is 5.56 Å². The molecule has 18 heavy (non-hydrogen) atoms. The van der Waals surface area contributed by atoms with Gasteiger partial charge in [-0.05, 0) is 37.5 Å². The Labute approximate surface area is 113 Å². The van der Waals surface area contributed by atoms with Gasteiger partial charge in [0.2, 0.25) is 0 Å². The SMILES string of the molecule is CCC(N)Cc1cccc(-n2cc(Cl)c(C)n2)c1. The molecule has 0 saturated heterocycles. The Morgan fingerprint density at radius 2 is 2.22 bits per heavy atom. The molecule has 0 aliphatic carbocycles. The summed E-state index contributed by atoms with van der Waals surface area (Å²) in [5.41, 5.74) is 9.07. The third-order valence-corrected chi connectivity index (χ3v) is 3.41. The van der Waals surface area contributed by atoms with Crippen molar-refractivity contribution in [3.05, 3.63) is 46.7 Å². The van der Waals surface area contributed by atoms with E-state index in [2.05, 4.69) is 24.2 Å².